The van der Waals surface area contributed by atoms with E-state index in [4.69, 9.17) is 0 Å². The van der Waals surface area contributed by atoms with Gasteiger partial charge < -0.3 is 9.80 Å². The fourth-order valence-electron chi connectivity index (χ4n) is 2.68. The minimum Gasteiger partial charge on any atom is -0.326 e. The molecule has 0 saturated carbocycles. The smallest absolute Gasteiger partial charge is 0.324 e. The minimum absolute atomic E-state index is 0.0677. The average molecular weight is 249 g/mol. The van der Waals surface area contributed by atoms with Crippen LogP contribution in [-0.4, -0.2) is 65.9 Å². The Morgan fingerprint density at radius 3 is 2.72 bits per heavy atom. The van der Waals surface area contributed by atoms with Crippen molar-refractivity contribution in [2.45, 2.75) is 12.5 Å². The number of amides is 2. The molecule has 0 aliphatic carbocycles. The van der Waals surface area contributed by atoms with E-state index in [1.807, 2.05) is 17.9 Å². The minimum atomic E-state index is 0.0677. The highest BCUT2D eigenvalue weighted by Crippen LogP contribution is 2.24. The highest BCUT2D eigenvalue weighted by atomic mass is 16.2. The molecule has 0 N–H and O–H groups in total. The number of nitrogens with zero attached hydrogens (tertiary/aromatic N) is 5. The standard InChI is InChI=1S/C12H19N5O/c1-14-4-3-10(8-14)17-9-11(7-13-17)16-6-5-15(2)12(16)18/h7,9-10H,3-6,8H2,1-2H3. The van der Waals surface area contributed by atoms with Crippen molar-refractivity contribution in [1.29, 1.82) is 0 Å². The molecule has 6 heteroatoms. The Morgan fingerprint density at radius 1 is 1.28 bits per heavy atom. The molecule has 0 aromatic carbocycles. The van der Waals surface area contributed by atoms with E-state index in [1.54, 1.807) is 16.0 Å². The second-order valence-corrected chi connectivity index (χ2v) is 5.24. The molecule has 0 spiro atoms. The summed E-state index contributed by atoms with van der Waals surface area (Å²) in [4.78, 5) is 17.7. The maximum atomic E-state index is 11.9. The van der Waals surface area contributed by atoms with Crippen LogP contribution in [0.5, 0.6) is 0 Å². The Balaban J connectivity index is 1.76. The number of rotatable bonds is 2. The summed E-state index contributed by atoms with van der Waals surface area (Å²) in [6, 6.07) is 0.511. The Bertz CT molecular complexity index is 457. The third kappa shape index (κ3) is 1.86. The summed E-state index contributed by atoms with van der Waals surface area (Å²) in [5.41, 5.74) is 0.916. The molecule has 2 aliphatic rings. The molecule has 3 rings (SSSR count). The fourth-order valence-corrected chi connectivity index (χ4v) is 2.68. The zero-order valence-corrected chi connectivity index (χ0v) is 10.9. The van der Waals surface area contributed by atoms with Crippen LogP contribution in [0, 0.1) is 0 Å². The molecule has 1 aromatic heterocycles. The van der Waals surface area contributed by atoms with Crippen LogP contribution in [0.15, 0.2) is 12.4 Å². The maximum absolute atomic E-state index is 11.9. The van der Waals surface area contributed by atoms with E-state index in [2.05, 4.69) is 17.0 Å². The van der Waals surface area contributed by atoms with E-state index in [1.165, 1.54) is 0 Å². The maximum Gasteiger partial charge on any atom is 0.324 e. The Labute approximate surface area is 107 Å². The fraction of sp³-hybridized carbons (Fsp3) is 0.667. The Hall–Kier alpha value is -1.56. The molecule has 0 radical (unpaired) electrons. The van der Waals surface area contributed by atoms with E-state index >= 15 is 0 Å². The summed E-state index contributed by atoms with van der Waals surface area (Å²) in [6.07, 6.45) is 4.93. The predicted molar refractivity (Wildman–Crippen MR) is 68.8 cm³/mol. The zero-order valence-electron chi connectivity index (χ0n) is 10.9. The molecule has 98 valence electrons. The number of likely N-dealkylation sites (N-methyl/N-ethyl adjacent to an activating group) is 2. The van der Waals surface area contributed by atoms with Gasteiger partial charge in [0.1, 0.15) is 0 Å². The predicted octanol–water partition coefficient (Wildman–Crippen LogP) is 0.631. The lowest BCUT2D eigenvalue weighted by Gasteiger charge is -2.14. The van der Waals surface area contributed by atoms with Crippen LogP contribution in [0.2, 0.25) is 0 Å². The number of carbonyl (C=O) groups is 1. The van der Waals surface area contributed by atoms with Crippen LogP contribution in [-0.2, 0) is 0 Å². The van der Waals surface area contributed by atoms with Crippen LogP contribution < -0.4 is 4.90 Å². The van der Waals surface area contributed by atoms with Gasteiger partial charge in [0.15, 0.2) is 0 Å². The van der Waals surface area contributed by atoms with Gasteiger partial charge in [0.25, 0.3) is 0 Å². The van der Waals surface area contributed by atoms with Gasteiger partial charge in [-0.1, -0.05) is 0 Å². The number of anilines is 1. The van der Waals surface area contributed by atoms with Crippen molar-refractivity contribution in [3.63, 3.8) is 0 Å². The van der Waals surface area contributed by atoms with E-state index in [9.17, 15) is 4.79 Å². The summed E-state index contributed by atoms with van der Waals surface area (Å²) < 4.78 is 2.00. The van der Waals surface area contributed by atoms with Crippen LogP contribution in [0.1, 0.15) is 12.5 Å². The SMILES string of the molecule is CN1CCC(n2cc(N3CCN(C)C3=O)cn2)C1. The second-order valence-electron chi connectivity index (χ2n) is 5.24. The Kier molecular flexibility index (Phi) is 2.74. The van der Waals surface area contributed by atoms with Crippen LogP contribution in [0.25, 0.3) is 0 Å². The molecule has 2 aliphatic heterocycles. The molecule has 2 amide bonds. The van der Waals surface area contributed by atoms with Crippen LogP contribution >= 0.6 is 0 Å². The van der Waals surface area contributed by atoms with Crippen molar-refractivity contribution in [2.75, 3.05) is 45.2 Å². The molecule has 2 fully saturated rings. The molecule has 2 saturated heterocycles. The van der Waals surface area contributed by atoms with E-state index in [0.29, 0.717) is 6.04 Å². The summed E-state index contributed by atoms with van der Waals surface area (Å²) >= 11 is 0. The number of hydrogen-bond acceptors (Lipinski definition) is 3. The van der Waals surface area contributed by atoms with Gasteiger partial charge in [0, 0.05) is 32.9 Å². The lowest BCUT2D eigenvalue weighted by atomic mass is 10.3. The first-order chi connectivity index (χ1) is 8.65. The third-order valence-electron chi connectivity index (χ3n) is 3.86. The van der Waals surface area contributed by atoms with E-state index in [0.717, 1.165) is 38.3 Å². The lowest BCUT2D eigenvalue weighted by Crippen LogP contribution is -2.28. The first kappa shape index (κ1) is 11.5. The lowest BCUT2D eigenvalue weighted by molar-refractivity contribution is 0.229. The summed E-state index contributed by atoms with van der Waals surface area (Å²) in [5, 5.41) is 4.41. The van der Waals surface area contributed by atoms with Gasteiger partial charge in [-0.2, -0.15) is 5.10 Å². The Morgan fingerprint density at radius 2 is 2.11 bits per heavy atom. The van der Waals surface area contributed by atoms with E-state index < -0.39 is 0 Å². The first-order valence-corrected chi connectivity index (χ1v) is 6.40. The molecule has 6 nitrogen and oxygen atoms in total. The van der Waals surface area contributed by atoms with Crippen molar-refractivity contribution in [1.82, 2.24) is 19.6 Å². The summed E-state index contributed by atoms with van der Waals surface area (Å²) in [7, 11) is 3.96. The van der Waals surface area contributed by atoms with Crippen molar-refractivity contribution in [3.8, 4) is 0 Å². The van der Waals surface area contributed by atoms with Gasteiger partial charge in [-0.05, 0) is 20.0 Å². The van der Waals surface area contributed by atoms with Crippen molar-refractivity contribution >= 4 is 11.7 Å². The number of likely N-dealkylation sites (tertiary alicyclic amines) is 1. The highest BCUT2D eigenvalue weighted by Gasteiger charge is 2.28. The van der Waals surface area contributed by atoms with Crippen molar-refractivity contribution in [2.24, 2.45) is 0 Å². The van der Waals surface area contributed by atoms with E-state index in [-0.39, 0.29) is 6.03 Å². The van der Waals surface area contributed by atoms with Gasteiger partial charge >= 0.3 is 6.03 Å². The summed E-state index contributed by atoms with van der Waals surface area (Å²) in [5.74, 6) is 0. The van der Waals surface area contributed by atoms with Crippen LogP contribution in [0.3, 0.4) is 0 Å². The molecule has 1 aromatic rings. The molecule has 0 bridgehead atoms. The number of aromatic nitrogens is 2. The largest absolute Gasteiger partial charge is 0.326 e. The average Bonchev–Trinajstić information content (AvgIpc) is 3.02. The van der Waals surface area contributed by atoms with Crippen molar-refractivity contribution < 1.29 is 4.79 Å². The number of urea groups is 1. The van der Waals surface area contributed by atoms with Crippen molar-refractivity contribution in [3.05, 3.63) is 12.4 Å². The van der Waals surface area contributed by atoms with Gasteiger partial charge in [-0.15, -0.1) is 0 Å². The quantitative estimate of drug-likeness (QED) is 0.772. The number of hydrogen-bond donors (Lipinski definition) is 0. The third-order valence-corrected chi connectivity index (χ3v) is 3.86. The summed E-state index contributed by atoms with van der Waals surface area (Å²) in [6.45, 7) is 3.70. The van der Waals surface area contributed by atoms with Gasteiger partial charge in [-0.3, -0.25) is 9.58 Å². The molecule has 3 heterocycles. The molecular formula is C12H19N5O. The van der Waals surface area contributed by atoms with Crippen LogP contribution in [0.4, 0.5) is 10.5 Å². The van der Waals surface area contributed by atoms with Gasteiger partial charge in [0.05, 0.1) is 17.9 Å². The number of carbonyl (C=O) groups excluding carboxylic acids is 1. The molecule has 18 heavy (non-hydrogen) atoms. The molecule has 1 unspecified atom stereocenters. The highest BCUT2D eigenvalue weighted by molar-refractivity contribution is 5.93. The normalized spacial score (nSPS) is 25.4. The second kappa shape index (κ2) is 4.28. The zero-order chi connectivity index (χ0) is 12.7. The topological polar surface area (TPSA) is 44.6 Å². The molecular weight excluding hydrogens is 230 g/mol. The monoisotopic (exact) mass is 249 g/mol. The first-order valence-electron chi connectivity index (χ1n) is 6.40. The van der Waals surface area contributed by atoms with Gasteiger partial charge in [-0.25, -0.2) is 4.79 Å². The molecule has 1 atom stereocenters. The van der Waals surface area contributed by atoms with Gasteiger partial charge in [0.2, 0.25) is 0 Å².